The van der Waals surface area contributed by atoms with Crippen molar-refractivity contribution < 1.29 is 4.79 Å². The van der Waals surface area contributed by atoms with E-state index >= 15 is 0 Å². The minimum Gasteiger partial charge on any atom is -0.325 e. The van der Waals surface area contributed by atoms with Crippen molar-refractivity contribution >= 4 is 23.2 Å². The second-order valence-corrected chi connectivity index (χ2v) is 3.71. The Hall–Kier alpha value is -1.57. The zero-order valence-corrected chi connectivity index (χ0v) is 9.80. The Morgan fingerprint density at radius 3 is 2.75 bits per heavy atom. The summed E-state index contributed by atoms with van der Waals surface area (Å²) in [5.41, 5.74) is 0.970. The molecule has 1 aromatic rings. The van der Waals surface area contributed by atoms with Crippen LogP contribution in [0.1, 0.15) is 12.5 Å². The smallest absolute Gasteiger partial charge is 0.241 e. The molecule has 1 atom stereocenters. The van der Waals surface area contributed by atoms with Gasteiger partial charge in [0.1, 0.15) is 6.07 Å². The van der Waals surface area contributed by atoms with Crippen LogP contribution in [0.3, 0.4) is 0 Å². The van der Waals surface area contributed by atoms with Gasteiger partial charge in [0.05, 0.1) is 16.6 Å². The Morgan fingerprint density at radius 1 is 1.56 bits per heavy atom. The first-order chi connectivity index (χ1) is 7.58. The van der Waals surface area contributed by atoms with Crippen molar-refractivity contribution in [1.29, 1.82) is 5.26 Å². The summed E-state index contributed by atoms with van der Waals surface area (Å²) < 4.78 is 0. The first-order valence-corrected chi connectivity index (χ1v) is 5.14. The normalized spacial score (nSPS) is 11.6. The van der Waals surface area contributed by atoms with Crippen LogP contribution >= 0.6 is 11.6 Å². The number of nitrogens with zero attached hydrogens (tertiary/aromatic N) is 1. The molecule has 0 saturated carbocycles. The van der Waals surface area contributed by atoms with Crippen molar-refractivity contribution in [2.24, 2.45) is 0 Å². The monoisotopic (exact) mass is 237 g/mol. The molecular formula is C11H12ClN3O. The highest BCUT2D eigenvalue weighted by atomic mass is 35.5. The van der Waals surface area contributed by atoms with Crippen molar-refractivity contribution in [2.45, 2.75) is 13.0 Å². The largest absolute Gasteiger partial charge is 0.325 e. The molecule has 16 heavy (non-hydrogen) atoms. The summed E-state index contributed by atoms with van der Waals surface area (Å²) in [6.45, 7) is 1.75. The van der Waals surface area contributed by atoms with Crippen LogP contribution in [0.2, 0.25) is 5.02 Å². The van der Waals surface area contributed by atoms with Gasteiger partial charge in [-0.05, 0) is 32.2 Å². The minimum atomic E-state index is -0.283. The molecule has 0 fully saturated rings. The first-order valence-electron chi connectivity index (χ1n) is 4.76. The Labute approximate surface area is 99.2 Å². The summed E-state index contributed by atoms with van der Waals surface area (Å²) in [7, 11) is 1.70. The fourth-order valence-electron chi connectivity index (χ4n) is 1.07. The Bertz CT molecular complexity index is 439. The lowest BCUT2D eigenvalue weighted by molar-refractivity contribution is -0.117. The standard InChI is InChI=1S/C11H12ClN3O/c1-7(14-2)11(16)15-9-4-3-8(6-13)10(12)5-9/h3-5,7,14H,1-2H3,(H,15,16). The summed E-state index contributed by atoms with van der Waals surface area (Å²) in [5.74, 6) is -0.150. The maximum Gasteiger partial charge on any atom is 0.241 e. The highest BCUT2D eigenvalue weighted by Gasteiger charge is 2.10. The van der Waals surface area contributed by atoms with Gasteiger partial charge >= 0.3 is 0 Å². The summed E-state index contributed by atoms with van der Waals surface area (Å²) in [5, 5.41) is 14.5. The predicted molar refractivity (Wildman–Crippen MR) is 63.3 cm³/mol. The van der Waals surface area contributed by atoms with Crippen LogP contribution in [0.5, 0.6) is 0 Å². The van der Waals surface area contributed by atoms with Crippen LogP contribution in [0.4, 0.5) is 5.69 Å². The lowest BCUT2D eigenvalue weighted by Gasteiger charge is -2.11. The van der Waals surface area contributed by atoms with E-state index in [4.69, 9.17) is 16.9 Å². The zero-order valence-electron chi connectivity index (χ0n) is 9.04. The number of hydrogen-bond acceptors (Lipinski definition) is 3. The molecule has 84 valence electrons. The fourth-order valence-corrected chi connectivity index (χ4v) is 1.29. The number of nitriles is 1. The van der Waals surface area contributed by atoms with Gasteiger partial charge < -0.3 is 10.6 Å². The van der Waals surface area contributed by atoms with Crippen molar-refractivity contribution in [2.75, 3.05) is 12.4 Å². The van der Waals surface area contributed by atoms with Crippen molar-refractivity contribution in [3.63, 3.8) is 0 Å². The number of amides is 1. The van der Waals surface area contributed by atoms with Gasteiger partial charge in [0, 0.05) is 5.69 Å². The van der Waals surface area contributed by atoms with Crippen molar-refractivity contribution in [1.82, 2.24) is 5.32 Å². The average molecular weight is 238 g/mol. The molecule has 0 aromatic heterocycles. The molecule has 1 amide bonds. The number of anilines is 1. The van der Waals surface area contributed by atoms with Crippen LogP contribution in [-0.2, 0) is 4.79 Å². The molecule has 0 spiro atoms. The maximum atomic E-state index is 11.5. The molecule has 1 aromatic carbocycles. The van der Waals surface area contributed by atoms with Crippen LogP contribution in [0.15, 0.2) is 18.2 Å². The third-order valence-corrected chi connectivity index (χ3v) is 2.50. The van der Waals surface area contributed by atoms with Gasteiger partial charge in [-0.2, -0.15) is 5.26 Å². The molecule has 0 radical (unpaired) electrons. The Morgan fingerprint density at radius 2 is 2.25 bits per heavy atom. The zero-order chi connectivity index (χ0) is 12.1. The predicted octanol–water partition coefficient (Wildman–Crippen LogP) is 1.76. The summed E-state index contributed by atoms with van der Waals surface area (Å²) in [4.78, 5) is 11.5. The van der Waals surface area contributed by atoms with Crippen molar-refractivity contribution in [3.8, 4) is 6.07 Å². The number of likely N-dealkylation sites (N-methyl/N-ethyl adjacent to an activating group) is 1. The number of halogens is 1. The van der Waals surface area contributed by atoms with Crippen LogP contribution in [-0.4, -0.2) is 19.0 Å². The summed E-state index contributed by atoms with van der Waals surface area (Å²) in [6.07, 6.45) is 0. The van der Waals surface area contributed by atoms with E-state index < -0.39 is 0 Å². The van der Waals surface area contributed by atoms with Gasteiger partial charge in [0.2, 0.25) is 5.91 Å². The van der Waals surface area contributed by atoms with Gasteiger partial charge in [0.25, 0.3) is 0 Å². The summed E-state index contributed by atoms with van der Waals surface area (Å²) in [6, 6.07) is 6.44. The molecule has 1 rings (SSSR count). The maximum absolute atomic E-state index is 11.5. The van der Waals surface area contributed by atoms with Crippen LogP contribution < -0.4 is 10.6 Å². The molecule has 0 heterocycles. The van der Waals surface area contributed by atoms with Crippen molar-refractivity contribution in [3.05, 3.63) is 28.8 Å². The number of carbonyl (C=O) groups excluding carboxylic acids is 1. The second kappa shape index (κ2) is 5.50. The first kappa shape index (κ1) is 12.5. The Balaban J connectivity index is 2.80. The molecule has 5 heteroatoms. The van der Waals surface area contributed by atoms with Gasteiger partial charge in [0.15, 0.2) is 0 Å². The Kier molecular flexibility index (Phi) is 4.29. The SMILES string of the molecule is CNC(C)C(=O)Nc1ccc(C#N)c(Cl)c1. The van der Waals surface area contributed by atoms with E-state index in [0.717, 1.165) is 0 Å². The van der Waals surface area contributed by atoms with Gasteiger partial charge in [-0.1, -0.05) is 11.6 Å². The number of benzene rings is 1. The highest BCUT2D eigenvalue weighted by molar-refractivity contribution is 6.32. The minimum absolute atomic E-state index is 0.150. The molecule has 4 nitrogen and oxygen atoms in total. The lowest BCUT2D eigenvalue weighted by Crippen LogP contribution is -2.35. The number of hydrogen-bond donors (Lipinski definition) is 2. The average Bonchev–Trinajstić information content (AvgIpc) is 2.28. The van der Waals surface area contributed by atoms with Gasteiger partial charge in [-0.3, -0.25) is 4.79 Å². The van der Waals surface area contributed by atoms with Gasteiger partial charge in [-0.25, -0.2) is 0 Å². The molecule has 0 aliphatic heterocycles. The lowest BCUT2D eigenvalue weighted by atomic mass is 10.2. The fraction of sp³-hybridized carbons (Fsp3) is 0.273. The van der Waals surface area contributed by atoms with Gasteiger partial charge in [-0.15, -0.1) is 0 Å². The molecule has 0 bridgehead atoms. The van der Waals surface area contributed by atoms with E-state index in [9.17, 15) is 4.79 Å². The van der Waals surface area contributed by atoms with E-state index in [1.54, 1.807) is 32.2 Å². The van der Waals surface area contributed by atoms with E-state index in [1.807, 2.05) is 6.07 Å². The molecule has 0 aliphatic rings. The number of rotatable bonds is 3. The molecule has 0 saturated heterocycles. The number of nitrogens with one attached hydrogen (secondary N) is 2. The second-order valence-electron chi connectivity index (χ2n) is 3.31. The van der Waals surface area contributed by atoms with E-state index in [0.29, 0.717) is 16.3 Å². The quantitative estimate of drug-likeness (QED) is 0.842. The van der Waals surface area contributed by atoms with E-state index in [-0.39, 0.29) is 11.9 Å². The van der Waals surface area contributed by atoms with Crippen LogP contribution in [0, 0.1) is 11.3 Å². The molecular weight excluding hydrogens is 226 g/mol. The molecule has 1 unspecified atom stereocenters. The van der Waals surface area contributed by atoms with E-state index in [2.05, 4.69) is 10.6 Å². The third kappa shape index (κ3) is 2.96. The van der Waals surface area contributed by atoms with Crippen LogP contribution in [0.25, 0.3) is 0 Å². The number of carbonyl (C=O) groups is 1. The molecule has 0 aliphatic carbocycles. The third-order valence-electron chi connectivity index (χ3n) is 2.18. The van der Waals surface area contributed by atoms with E-state index in [1.165, 1.54) is 0 Å². The molecule has 2 N–H and O–H groups in total. The topological polar surface area (TPSA) is 64.9 Å². The summed E-state index contributed by atoms with van der Waals surface area (Å²) >= 11 is 5.84. The highest BCUT2D eigenvalue weighted by Crippen LogP contribution is 2.20.